The van der Waals surface area contributed by atoms with Gasteiger partial charge in [-0.3, -0.25) is 14.5 Å². The van der Waals surface area contributed by atoms with Gasteiger partial charge in [0.05, 0.1) is 17.3 Å². The molecule has 9 nitrogen and oxygen atoms in total. The van der Waals surface area contributed by atoms with Gasteiger partial charge in [-0.1, -0.05) is 16.8 Å². The molecule has 2 aromatic heterocycles. The summed E-state index contributed by atoms with van der Waals surface area (Å²) < 4.78 is 42.8. The lowest BCUT2D eigenvalue weighted by Crippen LogP contribution is -2.65. The van der Waals surface area contributed by atoms with Gasteiger partial charge in [-0.05, 0) is 42.8 Å². The summed E-state index contributed by atoms with van der Waals surface area (Å²) in [5.41, 5.74) is 0.179. The van der Waals surface area contributed by atoms with Gasteiger partial charge in [0, 0.05) is 43.5 Å². The molecule has 1 N–H and O–H groups in total. The number of aryl methyl sites for hydroxylation is 2. The lowest BCUT2D eigenvalue weighted by molar-refractivity contribution is 0.0894. The lowest BCUT2D eigenvalue weighted by Gasteiger charge is -2.48. The van der Waals surface area contributed by atoms with Crippen LogP contribution in [-0.2, 0) is 22.5 Å². The number of pyridine rings is 1. The quantitative estimate of drug-likeness (QED) is 0.577. The maximum atomic E-state index is 14.6. The fraction of sp³-hybridized carbons (Fsp3) is 0.300. The number of aromatic nitrogens is 4. The summed E-state index contributed by atoms with van der Waals surface area (Å²) in [6, 6.07) is 7.59. The molecule has 0 bridgehead atoms. The molecule has 1 aliphatic rings. The number of halogens is 2. The summed E-state index contributed by atoms with van der Waals surface area (Å²) in [4.78, 5) is 16.9. The molecule has 1 aromatic carbocycles. The predicted octanol–water partition coefficient (Wildman–Crippen LogP) is 1.68. The monoisotopic (exact) mass is 478 g/mol. The van der Waals surface area contributed by atoms with E-state index >= 15 is 0 Å². The summed E-state index contributed by atoms with van der Waals surface area (Å²) in [5.74, 6) is -0.939. The summed E-state index contributed by atoms with van der Waals surface area (Å²) in [6.07, 6.45) is 2.73. The van der Waals surface area contributed by atoms with Crippen molar-refractivity contribution < 1.29 is 17.6 Å². The van der Waals surface area contributed by atoms with Gasteiger partial charge in [0.15, 0.2) is 0 Å². The number of benzene rings is 1. The molecule has 0 unspecified atom stereocenters. The van der Waals surface area contributed by atoms with E-state index in [4.69, 9.17) is 11.6 Å². The Morgan fingerprint density at radius 2 is 2.06 bits per heavy atom. The number of sulfonamides is 1. The van der Waals surface area contributed by atoms with E-state index in [2.05, 4.69) is 20.6 Å². The van der Waals surface area contributed by atoms with E-state index in [0.29, 0.717) is 16.1 Å². The molecule has 32 heavy (non-hydrogen) atoms. The number of nitrogens with zero attached hydrogens (tertiary/aromatic N) is 5. The second kappa shape index (κ2) is 8.23. The smallest absolute Gasteiger partial charge is 0.264 e. The summed E-state index contributed by atoms with van der Waals surface area (Å²) in [5, 5.41) is 10.4. The van der Waals surface area contributed by atoms with Crippen molar-refractivity contribution in [2.75, 3.05) is 19.6 Å². The third-order valence-electron chi connectivity index (χ3n) is 5.43. The first kappa shape index (κ1) is 22.3. The zero-order valence-corrected chi connectivity index (χ0v) is 18.9. The van der Waals surface area contributed by atoms with Crippen molar-refractivity contribution in [1.29, 1.82) is 0 Å². The topological polar surface area (TPSA) is 110 Å². The van der Waals surface area contributed by atoms with E-state index in [9.17, 15) is 17.6 Å². The van der Waals surface area contributed by atoms with Gasteiger partial charge in [0.2, 0.25) is 5.03 Å². The van der Waals surface area contributed by atoms with Gasteiger partial charge >= 0.3 is 0 Å². The van der Waals surface area contributed by atoms with E-state index < -0.39 is 21.3 Å². The van der Waals surface area contributed by atoms with Crippen molar-refractivity contribution in [1.82, 2.24) is 29.6 Å². The van der Waals surface area contributed by atoms with Crippen LogP contribution in [0.15, 0.2) is 47.8 Å². The first-order chi connectivity index (χ1) is 15.1. The van der Waals surface area contributed by atoms with Gasteiger partial charge < -0.3 is 5.32 Å². The average Bonchev–Trinajstić information content (AvgIpc) is 3.15. The third kappa shape index (κ3) is 3.98. The number of nitrogens with one attached hydrogen (secondary N) is 1. The van der Waals surface area contributed by atoms with Crippen LogP contribution in [0.3, 0.4) is 0 Å². The molecule has 3 aromatic rings. The van der Waals surface area contributed by atoms with Gasteiger partial charge in [-0.2, -0.15) is 4.31 Å². The summed E-state index contributed by atoms with van der Waals surface area (Å²) >= 11 is 5.96. The van der Waals surface area contributed by atoms with Crippen molar-refractivity contribution in [2.24, 2.45) is 7.05 Å². The van der Waals surface area contributed by atoms with Crippen molar-refractivity contribution in [3.8, 4) is 0 Å². The highest BCUT2D eigenvalue weighted by Gasteiger charge is 2.52. The highest BCUT2D eigenvalue weighted by molar-refractivity contribution is 7.89. The number of carbonyl (C=O) groups excluding carboxylic acids is 1. The molecule has 0 spiro atoms. The molecule has 1 fully saturated rings. The van der Waals surface area contributed by atoms with Crippen LogP contribution in [0.2, 0.25) is 5.02 Å². The molecule has 12 heteroatoms. The number of rotatable bonds is 6. The molecule has 4 rings (SSSR count). The molecular formula is C20H20ClFN6O3S. The molecule has 3 heterocycles. The van der Waals surface area contributed by atoms with Crippen LogP contribution in [-0.4, -0.2) is 58.2 Å². The van der Waals surface area contributed by atoms with E-state index in [1.807, 2.05) is 0 Å². The Morgan fingerprint density at radius 3 is 2.69 bits per heavy atom. The standard InChI is InChI=1S/C20H20ClFN6O3S/c1-13-8-14(21)5-6-15(13)19(29)24-10-20(18-16(22)4-3-7-23-18)11-28(12-20)32(30,31)17-9-27(2)26-25-17/h3-9H,10-12H2,1-2H3,(H,24,29). The Hall–Kier alpha value is -2.89. The fourth-order valence-electron chi connectivity index (χ4n) is 3.72. The summed E-state index contributed by atoms with van der Waals surface area (Å²) in [6.45, 7) is 1.61. The second-order valence-corrected chi connectivity index (χ2v) is 10.1. The van der Waals surface area contributed by atoms with Crippen molar-refractivity contribution >= 4 is 27.5 Å². The number of hydrogen-bond acceptors (Lipinski definition) is 6. The van der Waals surface area contributed by atoms with Crippen LogP contribution >= 0.6 is 11.6 Å². The molecule has 1 aliphatic heterocycles. The minimum absolute atomic E-state index is 0.00563. The Kier molecular flexibility index (Phi) is 5.74. The van der Waals surface area contributed by atoms with Gasteiger partial charge in [-0.25, -0.2) is 12.8 Å². The zero-order chi connectivity index (χ0) is 23.1. The number of carbonyl (C=O) groups is 1. The maximum Gasteiger partial charge on any atom is 0.264 e. The van der Waals surface area contributed by atoms with Crippen LogP contribution in [0.1, 0.15) is 21.6 Å². The average molecular weight is 479 g/mol. The third-order valence-corrected chi connectivity index (χ3v) is 7.31. The van der Waals surface area contributed by atoms with Crippen molar-refractivity contribution in [3.05, 3.63) is 70.4 Å². The molecule has 168 valence electrons. The molecule has 1 amide bonds. The Balaban J connectivity index is 1.59. The molecule has 0 radical (unpaired) electrons. The Bertz CT molecular complexity index is 1290. The lowest BCUT2D eigenvalue weighted by atomic mass is 9.77. The van der Waals surface area contributed by atoms with Gasteiger partial charge in [0.25, 0.3) is 15.9 Å². The number of hydrogen-bond donors (Lipinski definition) is 1. The molecular weight excluding hydrogens is 459 g/mol. The highest BCUT2D eigenvalue weighted by atomic mass is 35.5. The molecule has 0 saturated carbocycles. The fourth-order valence-corrected chi connectivity index (χ4v) is 5.47. The first-order valence-corrected chi connectivity index (χ1v) is 11.5. The van der Waals surface area contributed by atoms with E-state index in [1.165, 1.54) is 33.5 Å². The van der Waals surface area contributed by atoms with Gasteiger partial charge in [0.1, 0.15) is 5.82 Å². The predicted molar refractivity (Wildman–Crippen MR) is 114 cm³/mol. The zero-order valence-electron chi connectivity index (χ0n) is 17.3. The normalized spacial score (nSPS) is 15.9. The van der Waals surface area contributed by atoms with E-state index in [1.54, 1.807) is 32.2 Å². The molecule has 1 saturated heterocycles. The Morgan fingerprint density at radius 1 is 1.31 bits per heavy atom. The Labute approximate surface area is 189 Å². The van der Waals surface area contributed by atoms with Crippen LogP contribution in [0.25, 0.3) is 0 Å². The minimum Gasteiger partial charge on any atom is -0.351 e. The van der Waals surface area contributed by atoms with Crippen molar-refractivity contribution in [2.45, 2.75) is 17.4 Å². The SMILES string of the molecule is Cc1cc(Cl)ccc1C(=O)NCC1(c2ncccc2F)CN(S(=O)(=O)c2cn(C)nn2)C1. The van der Waals surface area contributed by atoms with Crippen LogP contribution in [0, 0.1) is 12.7 Å². The van der Waals surface area contributed by atoms with Crippen LogP contribution in [0.5, 0.6) is 0 Å². The minimum atomic E-state index is -3.91. The van der Waals surface area contributed by atoms with Crippen LogP contribution in [0.4, 0.5) is 4.39 Å². The van der Waals surface area contributed by atoms with E-state index in [-0.39, 0.29) is 36.3 Å². The highest BCUT2D eigenvalue weighted by Crippen LogP contribution is 2.37. The van der Waals surface area contributed by atoms with Crippen molar-refractivity contribution in [3.63, 3.8) is 0 Å². The van der Waals surface area contributed by atoms with Gasteiger partial charge in [-0.15, -0.1) is 5.10 Å². The van der Waals surface area contributed by atoms with E-state index in [0.717, 1.165) is 0 Å². The first-order valence-electron chi connectivity index (χ1n) is 9.64. The molecule has 0 aliphatic carbocycles. The number of amides is 1. The largest absolute Gasteiger partial charge is 0.351 e. The molecule has 0 atom stereocenters. The summed E-state index contributed by atoms with van der Waals surface area (Å²) in [7, 11) is -2.35. The van der Waals surface area contributed by atoms with Crippen LogP contribution < -0.4 is 5.32 Å². The maximum absolute atomic E-state index is 14.6. The second-order valence-electron chi connectivity index (χ2n) is 7.76.